The van der Waals surface area contributed by atoms with Crippen LogP contribution in [0.5, 0.6) is 0 Å². The molecular formula is C8H17NO3S. The van der Waals surface area contributed by atoms with Gasteiger partial charge in [0.25, 0.3) is 10.1 Å². The van der Waals surface area contributed by atoms with E-state index in [1.807, 2.05) is 0 Å². The number of nitrogens with two attached hydrogens (primary N) is 1. The van der Waals surface area contributed by atoms with Gasteiger partial charge in [0, 0.05) is 0 Å². The summed E-state index contributed by atoms with van der Waals surface area (Å²) in [7, 11) is -3.93. The first kappa shape index (κ1) is 10.9. The Morgan fingerprint density at radius 3 is 2.15 bits per heavy atom. The predicted molar refractivity (Wildman–Crippen MR) is 51.0 cm³/mol. The summed E-state index contributed by atoms with van der Waals surface area (Å²) in [5, 5.41) is 0. The van der Waals surface area contributed by atoms with Gasteiger partial charge in [-0.1, -0.05) is 19.3 Å². The smallest absolute Gasteiger partial charge is 0.270 e. The molecule has 0 aromatic heterocycles. The zero-order valence-electron chi connectivity index (χ0n) is 7.70. The maximum atomic E-state index is 11.2. The van der Waals surface area contributed by atoms with Gasteiger partial charge in [-0.25, -0.2) is 0 Å². The minimum Gasteiger partial charge on any atom is -0.330 e. The van der Waals surface area contributed by atoms with E-state index >= 15 is 0 Å². The van der Waals surface area contributed by atoms with Crippen molar-refractivity contribution in [1.82, 2.24) is 0 Å². The average molecular weight is 207 g/mol. The van der Waals surface area contributed by atoms with E-state index in [-0.39, 0.29) is 0 Å². The molecule has 0 atom stereocenters. The van der Waals surface area contributed by atoms with E-state index in [1.54, 1.807) is 0 Å². The number of rotatable bonds is 3. The lowest BCUT2D eigenvalue weighted by Crippen LogP contribution is -2.42. The van der Waals surface area contributed by atoms with Crippen molar-refractivity contribution < 1.29 is 13.0 Å². The van der Waals surface area contributed by atoms with Crippen molar-refractivity contribution in [3.63, 3.8) is 0 Å². The van der Waals surface area contributed by atoms with Gasteiger partial charge in [0.2, 0.25) is 0 Å². The van der Waals surface area contributed by atoms with Crippen molar-refractivity contribution >= 4 is 10.1 Å². The van der Waals surface area contributed by atoms with E-state index in [4.69, 9.17) is 10.3 Å². The number of hydrogen-bond acceptors (Lipinski definition) is 3. The molecule has 0 bridgehead atoms. The van der Waals surface area contributed by atoms with Crippen LogP contribution in [0.3, 0.4) is 0 Å². The molecule has 0 radical (unpaired) electrons. The molecule has 78 valence electrons. The summed E-state index contributed by atoms with van der Waals surface area (Å²) in [5.74, 6) is 0. The Bertz CT molecular complexity index is 249. The molecule has 4 nitrogen and oxygen atoms in total. The first-order valence-corrected chi connectivity index (χ1v) is 6.13. The summed E-state index contributed by atoms with van der Waals surface area (Å²) < 4.78 is 30.6. The molecule has 1 aliphatic rings. The van der Waals surface area contributed by atoms with E-state index in [1.165, 1.54) is 0 Å². The molecule has 0 aromatic rings. The summed E-state index contributed by atoms with van der Waals surface area (Å²) in [6, 6.07) is 0. The van der Waals surface area contributed by atoms with Gasteiger partial charge in [-0.05, 0) is 25.8 Å². The lowest BCUT2D eigenvalue weighted by atomic mass is 9.86. The molecule has 0 amide bonds. The molecule has 3 N–H and O–H groups in total. The highest BCUT2D eigenvalue weighted by Crippen LogP contribution is 2.36. The molecule has 0 spiro atoms. The minimum absolute atomic E-state index is 0.319. The third kappa shape index (κ3) is 2.21. The summed E-state index contributed by atoms with van der Waals surface area (Å²) in [4.78, 5) is 0. The van der Waals surface area contributed by atoms with Crippen LogP contribution >= 0.6 is 0 Å². The monoisotopic (exact) mass is 207 g/mol. The van der Waals surface area contributed by atoms with Crippen LogP contribution in [0.2, 0.25) is 0 Å². The molecule has 1 rings (SSSR count). The van der Waals surface area contributed by atoms with Crippen LogP contribution in [0, 0.1) is 0 Å². The van der Waals surface area contributed by atoms with Crippen LogP contribution in [0.15, 0.2) is 0 Å². The molecule has 1 saturated carbocycles. The second kappa shape index (κ2) is 3.94. The first-order chi connectivity index (χ1) is 6.02. The van der Waals surface area contributed by atoms with Crippen molar-refractivity contribution in [3.8, 4) is 0 Å². The molecule has 1 aliphatic carbocycles. The first-order valence-electron chi connectivity index (χ1n) is 4.69. The fourth-order valence-corrected chi connectivity index (χ4v) is 3.28. The van der Waals surface area contributed by atoms with E-state index < -0.39 is 14.9 Å². The molecule has 1 fully saturated rings. The Morgan fingerprint density at radius 2 is 1.77 bits per heavy atom. The van der Waals surface area contributed by atoms with Crippen LogP contribution in [0.4, 0.5) is 0 Å². The third-order valence-electron chi connectivity index (χ3n) is 2.91. The van der Waals surface area contributed by atoms with Crippen molar-refractivity contribution in [2.45, 2.75) is 43.3 Å². The van der Waals surface area contributed by atoms with Gasteiger partial charge in [0.15, 0.2) is 0 Å². The van der Waals surface area contributed by atoms with E-state index in [2.05, 4.69) is 0 Å². The summed E-state index contributed by atoms with van der Waals surface area (Å²) in [5.41, 5.74) is 5.37. The van der Waals surface area contributed by atoms with Gasteiger partial charge in [-0.15, -0.1) is 0 Å². The maximum Gasteiger partial charge on any atom is 0.270 e. The topological polar surface area (TPSA) is 80.4 Å². The molecular weight excluding hydrogens is 190 g/mol. The summed E-state index contributed by atoms with van der Waals surface area (Å²) in [6.07, 6.45) is 4.30. The molecule has 0 heterocycles. The zero-order valence-corrected chi connectivity index (χ0v) is 8.52. The largest absolute Gasteiger partial charge is 0.330 e. The predicted octanol–water partition coefficient (Wildman–Crippen LogP) is 0.926. The fourth-order valence-electron chi connectivity index (χ4n) is 2.10. The van der Waals surface area contributed by atoms with Crippen LogP contribution in [-0.4, -0.2) is 24.3 Å². The quantitative estimate of drug-likeness (QED) is 0.674. The zero-order chi connectivity index (χ0) is 9.95. The molecule has 0 aromatic carbocycles. The Kier molecular flexibility index (Phi) is 3.32. The van der Waals surface area contributed by atoms with Crippen molar-refractivity contribution in [2.75, 3.05) is 6.54 Å². The fraction of sp³-hybridized carbons (Fsp3) is 1.00. The molecule has 13 heavy (non-hydrogen) atoms. The second-order valence-corrected chi connectivity index (χ2v) is 5.57. The highest BCUT2D eigenvalue weighted by molar-refractivity contribution is 7.87. The van der Waals surface area contributed by atoms with Crippen LogP contribution in [0.1, 0.15) is 38.5 Å². The lowest BCUT2D eigenvalue weighted by molar-refractivity contribution is 0.327. The Labute approximate surface area is 79.3 Å². The van der Waals surface area contributed by atoms with E-state index in [9.17, 15) is 8.42 Å². The Morgan fingerprint density at radius 1 is 1.23 bits per heavy atom. The minimum atomic E-state index is -3.93. The van der Waals surface area contributed by atoms with E-state index in [0.717, 1.165) is 19.3 Å². The van der Waals surface area contributed by atoms with Crippen LogP contribution in [-0.2, 0) is 10.1 Å². The van der Waals surface area contributed by atoms with Gasteiger partial charge in [0.05, 0.1) is 4.75 Å². The van der Waals surface area contributed by atoms with Gasteiger partial charge in [-0.3, -0.25) is 4.55 Å². The van der Waals surface area contributed by atoms with Gasteiger partial charge < -0.3 is 5.73 Å². The van der Waals surface area contributed by atoms with Gasteiger partial charge in [-0.2, -0.15) is 8.42 Å². The summed E-state index contributed by atoms with van der Waals surface area (Å²) >= 11 is 0. The molecule has 0 unspecified atom stereocenters. The van der Waals surface area contributed by atoms with Crippen LogP contribution in [0.25, 0.3) is 0 Å². The second-order valence-electron chi connectivity index (χ2n) is 3.76. The van der Waals surface area contributed by atoms with Crippen molar-refractivity contribution in [1.29, 1.82) is 0 Å². The highest BCUT2D eigenvalue weighted by atomic mass is 32.2. The van der Waals surface area contributed by atoms with Crippen LogP contribution < -0.4 is 5.73 Å². The highest BCUT2D eigenvalue weighted by Gasteiger charge is 2.42. The lowest BCUT2D eigenvalue weighted by Gasteiger charge is -2.33. The standard InChI is InChI=1S/C8H17NO3S/c9-7-6-8(13(10,11)12)4-2-1-3-5-8/h1-7,9H2,(H,10,11,12). The number of hydrogen-bond donors (Lipinski definition) is 2. The van der Waals surface area contributed by atoms with Gasteiger partial charge >= 0.3 is 0 Å². The van der Waals surface area contributed by atoms with Crippen molar-refractivity contribution in [3.05, 3.63) is 0 Å². The molecule has 0 saturated heterocycles. The summed E-state index contributed by atoms with van der Waals surface area (Å²) in [6.45, 7) is 0.319. The van der Waals surface area contributed by atoms with Crippen molar-refractivity contribution in [2.24, 2.45) is 5.73 Å². The average Bonchev–Trinajstić information content (AvgIpc) is 2.04. The van der Waals surface area contributed by atoms with E-state index in [0.29, 0.717) is 25.8 Å². The van der Waals surface area contributed by atoms with Gasteiger partial charge in [0.1, 0.15) is 0 Å². The molecule has 0 aliphatic heterocycles. The normalized spacial score (nSPS) is 22.9. The maximum absolute atomic E-state index is 11.2. The Balaban J connectivity index is 2.86. The molecule has 5 heteroatoms. The third-order valence-corrected chi connectivity index (χ3v) is 4.62. The SMILES string of the molecule is NCCC1(S(=O)(=O)O)CCCCC1. The Hall–Kier alpha value is -0.130.